The molecule has 0 atom stereocenters. The van der Waals surface area contributed by atoms with E-state index in [9.17, 15) is 26.4 Å². The zero-order valence-electron chi connectivity index (χ0n) is 13.8. The Balaban J connectivity index is 2.57. The normalized spacial score (nSPS) is 12.3. The molecule has 26 heavy (non-hydrogen) atoms. The largest absolute Gasteiger partial charge is 0.443 e. The van der Waals surface area contributed by atoms with Gasteiger partial charge in [-0.3, -0.25) is 0 Å². The number of ether oxygens (including phenoxy) is 1. The summed E-state index contributed by atoms with van der Waals surface area (Å²) in [7, 11) is -4.78. The number of pyridine rings is 1. The fraction of sp³-hybridized carbons (Fsp3) is 0.357. The van der Waals surface area contributed by atoms with E-state index in [1.807, 2.05) is 0 Å². The third-order valence-corrected chi connectivity index (χ3v) is 4.89. The number of carbonyl (C=O) groups is 1. The molecule has 12 heteroatoms. The molecule has 0 aromatic carbocycles. The molecule has 0 aliphatic rings. The third kappa shape index (κ3) is 4.30. The minimum atomic E-state index is -4.78. The van der Waals surface area contributed by atoms with Crippen molar-refractivity contribution in [1.82, 2.24) is 9.97 Å². The average molecular weight is 409 g/mol. The second-order valence-corrected chi connectivity index (χ2v) is 8.37. The molecular formula is C14H14F3N3O4S2. The number of hydrogen-bond donors (Lipinski definition) is 0. The molecule has 142 valence electrons. The summed E-state index contributed by atoms with van der Waals surface area (Å²) >= 11 is 1.000. The van der Waals surface area contributed by atoms with Gasteiger partial charge in [-0.25, -0.2) is 27.9 Å². The topological polar surface area (TPSA) is 89.5 Å². The maximum atomic E-state index is 13.4. The van der Waals surface area contributed by atoms with Crippen LogP contribution in [0.5, 0.6) is 0 Å². The summed E-state index contributed by atoms with van der Waals surface area (Å²) in [5.74, 6) is -1.66. The van der Waals surface area contributed by atoms with E-state index in [4.69, 9.17) is 4.74 Å². The molecule has 0 saturated carbocycles. The highest BCUT2D eigenvalue weighted by Gasteiger charge is 2.37. The molecule has 0 fully saturated rings. The van der Waals surface area contributed by atoms with Crippen LogP contribution in [-0.2, 0) is 14.8 Å². The first-order chi connectivity index (χ1) is 11.9. The molecule has 2 aromatic heterocycles. The maximum Gasteiger partial charge on any atom is 0.430 e. The fourth-order valence-corrected chi connectivity index (χ4v) is 3.56. The molecule has 2 rings (SSSR count). The number of thiazole rings is 1. The van der Waals surface area contributed by atoms with Crippen LogP contribution in [0.3, 0.4) is 0 Å². The number of sulfonamides is 1. The van der Waals surface area contributed by atoms with Gasteiger partial charge in [0.2, 0.25) is 0 Å². The monoisotopic (exact) mass is 409 g/mol. The average Bonchev–Trinajstić information content (AvgIpc) is 2.98. The van der Waals surface area contributed by atoms with E-state index in [-0.39, 0.29) is 10.1 Å². The van der Waals surface area contributed by atoms with Crippen LogP contribution in [0.2, 0.25) is 0 Å². The van der Waals surface area contributed by atoms with Gasteiger partial charge in [-0.1, -0.05) is 0 Å². The van der Waals surface area contributed by atoms with Crippen LogP contribution in [0.15, 0.2) is 28.0 Å². The van der Waals surface area contributed by atoms with Crippen molar-refractivity contribution in [3.8, 4) is 0 Å². The predicted octanol–water partition coefficient (Wildman–Crippen LogP) is 3.75. The van der Waals surface area contributed by atoms with Crippen molar-refractivity contribution in [2.45, 2.75) is 37.8 Å². The fourth-order valence-electron chi connectivity index (χ4n) is 1.75. The molecule has 2 heterocycles. The Morgan fingerprint density at radius 1 is 1.31 bits per heavy atom. The van der Waals surface area contributed by atoms with Gasteiger partial charge in [0, 0.05) is 5.38 Å². The Morgan fingerprint density at radius 3 is 2.46 bits per heavy atom. The molecule has 1 amide bonds. The van der Waals surface area contributed by atoms with Gasteiger partial charge in [-0.15, -0.1) is 15.6 Å². The van der Waals surface area contributed by atoms with Crippen molar-refractivity contribution in [3.05, 3.63) is 34.5 Å². The molecule has 0 saturated heterocycles. The number of halogens is 3. The first-order valence-corrected chi connectivity index (χ1v) is 9.43. The molecular weight excluding hydrogens is 395 g/mol. The second kappa shape index (κ2) is 7.19. The Labute approximate surface area is 151 Å². The number of hydrogen-bond acceptors (Lipinski definition) is 7. The van der Waals surface area contributed by atoms with Crippen LogP contribution in [-0.4, -0.2) is 30.1 Å². The van der Waals surface area contributed by atoms with Gasteiger partial charge in [-0.05, 0) is 32.9 Å². The Morgan fingerprint density at radius 2 is 1.96 bits per heavy atom. The van der Waals surface area contributed by atoms with E-state index in [2.05, 4.69) is 9.97 Å². The number of carbonyl (C=O) groups excluding carboxylic acids is 1. The second-order valence-electron chi connectivity index (χ2n) is 5.91. The Bertz CT molecular complexity index is 897. The zero-order chi connectivity index (χ0) is 19.7. The lowest BCUT2D eigenvalue weighted by Crippen LogP contribution is -2.41. The van der Waals surface area contributed by atoms with Crippen molar-refractivity contribution in [2.75, 3.05) is 4.31 Å². The van der Waals surface area contributed by atoms with Gasteiger partial charge in [0.25, 0.3) is 16.4 Å². The van der Waals surface area contributed by atoms with Crippen molar-refractivity contribution >= 4 is 33.3 Å². The number of aromatic nitrogens is 2. The first-order valence-electron chi connectivity index (χ1n) is 7.04. The van der Waals surface area contributed by atoms with Crippen molar-refractivity contribution in [3.63, 3.8) is 0 Å². The van der Waals surface area contributed by atoms with E-state index in [0.29, 0.717) is 12.1 Å². The van der Waals surface area contributed by atoms with E-state index in [1.54, 1.807) is 0 Å². The minimum Gasteiger partial charge on any atom is -0.443 e. The molecule has 0 unspecified atom stereocenters. The quantitative estimate of drug-likeness (QED) is 0.764. The van der Waals surface area contributed by atoms with Gasteiger partial charge in [0.15, 0.2) is 16.7 Å². The summed E-state index contributed by atoms with van der Waals surface area (Å²) in [4.78, 5) is 19.3. The van der Waals surface area contributed by atoms with E-state index in [1.165, 1.54) is 31.7 Å². The number of alkyl halides is 2. The molecule has 0 aliphatic carbocycles. The molecule has 0 aliphatic heterocycles. The Hall–Kier alpha value is -2.21. The SMILES string of the molecule is CC(C)(C)OC(=O)N(c1cscn1)S(=O)(=O)c1ccc(F)c(C(F)F)n1. The lowest BCUT2D eigenvalue weighted by atomic mass is 10.2. The van der Waals surface area contributed by atoms with Gasteiger partial charge < -0.3 is 4.74 Å². The van der Waals surface area contributed by atoms with Crippen LogP contribution in [0, 0.1) is 5.82 Å². The minimum absolute atomic E-state index is 0.199. The third-order valence-electron chi connectivity index (χ3n) is 2.75. The summed E-state index contributed by atoms with van der Waals surface area (Å²) in [5, 5.41) is 0.312. The summed E-state index contributed by atoms with van der Waals surface area (Å²) in [6.45, 7) is 4.55. The van der Waals surface area contributed by atoms with E-state index >= 15 is 0 Å². The number of rotatable bonds is 4. The van der Waals surface area contributed by atoms with Crippen molar-refractivity contribution in [2.24, 2.45) is 0 Å². The first kappa shape index (κ1) is 20.1. The standard InChI is InChI=1S/C14H14F3N3O4S2/c1-14(2,3)24-13(21)20(9-6-25-7-18-9)26(22,23)10-5-4-8(15)11(19-10)12(16)17/h4-7,12H,1-3H3. The molecule has 0 N–H and O–H groups in total. The van der Waals surface area contributed by atoms with Gasteiger partial charge >= 0.3 is 6.09 Å². The summed E-state index contributed by atoms with van der Waals surface area (Å²) in [6.07, 6.45) is -4.63. The van der Waals surface area contributed by atoms with E-state index in [0.717, 1.165) is 11.3 Å². The lowest BCUT2D eigenvalue weighted by Gasteiger charge is -2.25. The van der Waals surface area contributed by atoms with Crippen LogP contribution < -0.4 is 4.31 Å². The summed E-state index contributed by atoms with van der Waals surface area (Å²) < 4.78 is 69.9. The molecule has 0 radical (unpaired) electrons. The van der Waals surface area contributed by atoms with Gasteiger partial charge in [-0.2, -0.15) is 8.42 Å². The molecule has 0 spiro atoms. The van der Waals surface area contributed by atoms with Crippen LogP contribution in [0.1, 0.15) is 32.9 Å². The maximum absolute atomic E-state index is 13.4. The van der Waals surface area contributed by atoms with Crippen LogP contribution >= 0.6 is 11.3 Å². The van der Waals surface area contributed by atoms with E-state index < -0.39 is 44.7 Å². The smallest absolute Gasteiger partial charge is 0.430 e. The highest BCUT2D eigenvalue weighted by atomic mass is 32.2. The van der Waals surface area contributed by atoms with Gasteiger partial charge in [0.05, 0.1) is 5.51 Å². The molecule has 2 aromatic rings. The van der Waals surface area contributed by atoms with Crippen molar-refractivity contribution < 1.29 is 31.1 Å². The zero-order valence-corrected chi connectivity index (χ0v) is 15.4. The predicted molar refractivity (Wildman–Crippen MR) is 87.2 cm³/mol. The van der Waals surface area contributed by atoms with Crippen LogP contribution in [0.4, 0.5) is 23.8 Å². The molecule has 7 nitrogen and oxygen atoms in total. The van der Waals surface area contributed by atoms with Crippen molar-refractivity contribution in [1.29, 1.82) is 0 Å². The number of nitrogens with zero attached hydrogens (tertiary/aromatic N) is 3. The molecule has 0 bridgehead atoms. The summed E-state index contributed by atoms with van der Waals surface area (Å²) in [5.41, 5.74) is -1.11. The Kier molecular flexibility index (Phi) is 5.56. The van der Waals surface area contributed by atoms with Crippen LogP contribution in [0.25, 0.3) is 0 Å². The number of anilines is 1. The highest BCUT2D eigenvalue weighted by molar-refractivity contribution is 7.93. The highest BCUT2D eigenvalue weighted by Crippen LogP contribution is 2.27. The number of amides is 1. The lowest BCUT2D eigenvalue weighted by molar-refractivity contribution is 0.0608. The summed E-state index contributed by atoms with van der Waals surface area (Å²) in [6, 6.07) is 1.22. The van der Waals surface area contributed by atoms with Gasteiger partial charge in [0.1, 0.15) is 11.3 Å².